The molecule has 1 amide bonds. The van der Waals surface area contributed by atoms with Crippen LogP contribution in [0, 0.1) is 17.8 Å². The number of hydrogen-bond donors (Lipinski definition) is 2. The predicted octanol–water partition coefficient (Wildman–Crippen LogP) is 3.84. The lowest BCUT2D eigenvalue weighted by Crippen LogP contribution is -2.42. The molecule has 25 heavy (non-hydrogen) atoms. The Labute approximate surface area is 151 Å². The fourth-order valence-corrected chi connectivity index (χ4v) is 4.21. The van der Waals surface area contributed by atoms with E-state index in [0.29, 0.717) is 28.5 Å². The topological polar surface area (TPSA) is 77.2 Å². The summed E-state index contributed by atoms with van der Waals surface area (Å²) in [4.78, 5) is 16.7. The number of aromatic nitrogens is 1. The van der Waals surface area contributed by atoms with Crippen LogP contribution < -0.4 is 15.8 Å². The van der Waals surface area contributed by atoms with Crippen molar-refractivity contribution >= 4 is 23.2 Å². The van der Waals surface area contributed by atoms with Crippen molar-refractivity contribution in [3.63, 3.8) is 0 Å². The van der Waals surface area contributed by atoms with Gasteiger partial charge in [0.15, 0.2) is 0 Å². The lowest BCUT2D eigenvalue weighted by atomic mass is 9.84. The van der Waals surface area contributed by atoms with Crippen LogP contribution in [0.2, 0.25) is 5.02 Å². The molecule has 4 rings (SSSR count). The van der Waals surface area contributed by atoms with E-state index in [2.05, 4.69) is 10.3 Å². The number of halogens is 1. The average molecular weight is 358 g/mol. The second kappa shape index (κ2) is 6.65. The summed E-state index contributed by atoms with van der Waals surface area (Å²) >= 11 is 5.80. The number of hydrogen-bond acceptors (Lipinski definition) is 4. The highest BCUT2D eigenvalue weighted by atomic mass is 35.5. The number of carbonyl (C=O) groups excluding carboxylic acids is 1. The molecule has 2 aliphatic rings. The Morgan fingerprint density at radius 1 is 1.16 bits per heavy atom. The smallest absolute Gasteiger partial charge is 0.229 e. The summed E-state index contributed by atoms with van der Waals surface area (Å²) in [6, 6.07) is 10.7. The lowest BCUT2D eigenvalue weighted by molar-refractivity contribution is -0.121. The molecule has 0 spiro atoms. The second-order valence-electron chi connectivity index (χ2n) is 6.87. The van der Waals surface area contributed by atoms with E-state index < -0.39 is 0 Å². The van der Waals surface area contributed by atoms with E-state index >= 15 is 0 Å². The van der Waals surface area contributed by atoms with Gasteiger partial charge in [0.2, 0.25) is 11.8 Å². The maximum absolute atomic E-state index is 12.6. The van der Waals surface area contributed by atoms with Gasteiger partial charge in [-0.05, 0) is 61.4 Å². The highest BCUT2D eigenvalue weighted by Gasteiger charge is 2.49. The van der Waals surface area contributed by atoms with Gasteiger partial charge in [-0.1, -0.05) is 11.6 Å². The van der Waals surface area contributed by atoms with Gasteiger partial charge in [0.25, 0.3) is 0 Å². The first-order valence-corrected chi connectivity index (χ1v) is 8.94. The van der Waals surface area contributed by atoms with E-state index in [1.54, 1.807) is 24.3 Å². The van der Waals surface area contributed by atoms with E-state index in [-0.39, 0.29) is 17.9 Å². The van der Waals surface area contributed by atoms with Gasteiger partial charge in [0, 0.05) is 24.0 Å². The molecule has 130 valence electrons. The van der Waals surface area contributed by atoms with Gasteiger partial charge in [-0.2, -0.15) is 0 Å². The average Bonchev–Trinajstić information content (AvgIpc) is 3.20. The third kappa shape index (κ3) is 3.34. The minimum Gasteiger partial charge on any atom is -0.439 e. The second-order valence-corrected chi connectivity index (χ2v) is 7.30. The molecule has 2 saturated carbocycles. The molecule has 3 N–H and O–H groups in total. The molecule has 1 aromatic heterocycles. The number of anilines is 1. The zero-order valence-electron chi connectivity index (χ0n) is 13.7. The van der Waals surface area contributed by atoms with Gasteiger partial charge in [-0.15, -0.1) is 0 Å². The van der Waals surface area contributed by atoms with Crippen LogP contribution in [-0.2, 0) is 4.79 Å². The molecule has 4 unspecified atom stereocenters. The molecule has 2 fully saturated rings. The third-order valence-electron chi connectivity index (χ3n) is 5.33. The Balaban J connectivity index is 1.39. The van der Waals surface area contributed by atoms with Crippen LogP contribution in [-0.4, -0.2) is 16.9 Å². The highest BCUT2D eigenvalue weighted by molar-refractivity contribution is 6.30. The van der Waals surface area contributed by atoms with Gasteiger partial charge in [-0.3, -0.25) is 4.79 Å². The van der Waals surface area contributed by atoms with Crippen LogP contribution in [0.5, 0.6) is 11.6 Å². The molecule has 2 bridgehead atoms. The molecule has 4 atom stereocenters. The standard InChI is InChI=1S/C19H20ClN3O2/c20-13-3-8-16(22-10-13)25-15-6-4-14(5-7-15)23-19(24)17-11-1-2-12(9-11)18(17)21/h3-8,10-12,17-18H,1-2,9,21H2,(H,23,24). The molecule has 0 aliphatic heterocycles. The summed E-state index contributed by atoms with van der Waals surface area (Å²) in [5, 5.41) is 3.55. The Hall–Kier alpha value is -2.11. The fourth-order valence-electron chi connectivity index (χ4n) is 4.10. The number of nitrogens with zero attached hydrogens (tertiary/aromatic N) is 1. The van der Waals surface area contributed by atoms with E-state index in [1.807, 2.05) is 12.1 Å². The summed E-state index contributed by atoms with van der Waals surface area (Å²) in [7, 11) is 0. The monoisotopic (exact) mass is 357 g/mol. The number of fused-ring (bicyclic) bond motifs is 2. The Morgan fingerprint density at radius 2 is 1.92 bits per heavy atom. The lowest BCUT2D eigenvalue weighted by Gasteiger charge is -2.27. The van der Waals surface area contributed by atoms with Crippen LogP contribution in [0.25, 0.3) is 0 Å². The molecule has 0 saturated heterocycles. The molecule has 1 heterocycles. The molecule has 2 aliphatic carbocycles. The first-order chi connectivity index (χ1) is 12.1. The van der Waals surface area contributed by atoms with Crippen molar-refractivity contribution in [2.24, 2.45) is 23.5 Å². The molecule has 6 heteroatoms. The van der Waals surface area contributed by atoms with E-state index in [4.69, 9.17) is 22.1 Å². The molecular formula is C19H20ClN3O2. The van der Waals surface area contributed by atoms with Crippen molar-refractivity contribution in [1.29, 1.82) is 0 Å². The van der Waals surface area contributed by atoms with Crippen molar-refractivity contribution in [3.05, 3.63) is 47.6 Å². The van der Waals surface area contributed by atoms with Crippen molar-refractivity contribution in [2.75, 3.05) is 5.32 Å². The van der Waals surface area contributed by atoms with Gasteiger partial charge >= 0.3 is 0 Å². The molecule has 5 nitrogen and oxygen atoms in total. The van der Waals surface area contributed by atoms with Crippen molar-refractivity contribution in [1.82, 2.24) is 4.98 Å². The predicted molar refractivity (Wildman–Crippen MR) is 96.7 cm³/mol. The highest BCUT2D eigenvalue weighted by Crippen LogP contribution is 2.47. The number of carbonyl (C=O) groups is 1. The van der Waals surface area contributed by atoms with E-state index in [0.717, 1.165) is 18.5 Å². The number of pyridine rings is 1. The minimum absolute atomic E-state index is 0.00247. The summed E-state index contributed by atoms with van der Waals surface area (Å²) < 4.78 is 5.65. The zero-order valence-corrected chi connectivity index (χ0v) is 14.4. The summed E-state index contributed by atoms with van der Waals surface area (Å²) in [6.07, 6.45) is 4.92. The molecule has 1 aromatic carbocycles. The minimum atomic E-state index is -0.0621. The first kappa shape index (κ1) is 16.4. The number of ether oxygens (including phenoxy) is 1. The number of nitrogens with two attached hydrogens (primary N) is 1. The van der Waals surface area contributed by atoms with Gasteiger partial charge in [0.1, 0.15) is 5.75 Å². The normalized spacial score (nSPS) is 27.3. The van der Waals surface area contributed by atoms with Crippen LogP contribution in [0.3, 0.4) is 0 Å². The van der Waals surface area contributed by atoms with Crippen LogP contribution in [0.15, 0.2) is 42.6 Å². The van der Waals surface area contributed by atoms with Crippen molar-refractivity contribution in [2.45, 2.75) is 25.3 Å². The SMILES string of the molecule is NC1C2CCC(C2)C1C(=O)Nc1ccc(Oc2ccc(Cl)cn2)cc1. The van der Waals surface area contributed by atoms with Gasteiger partial charge in [-0.25, -0.2) is 4.98 Å². The quantitative estimate of drug-likeness (QED) is 0.871. The number of amides is 1. The third-order valence-corrected chi connectivity index (χ3v) is 5.55. The van der Waals surface area contributed by atoms with Crippen LogP contribution >= 0.6 is 11.6 Å². The Bertz CT molecular complexity index is 761. The first-order valence-electron chi connectivity index (χ1n) is 8.56. The van der Waals surface area contributed by atoms with Gasteiger partial charge < -0.3 is 15.8 Å². The van der Waals surface area contributed by atoms with E-state index in [1.165, 1.54) is 12.6 Å². The summed E-state index contributed by atoms with van der Waals surface area (Å²) in [5.41, 5.74) is 6.99. The molecule has 2 aromatic rings. The van der Waals surface area contributed by atoms with Crippen LogP contribution in [0.1, 0.15) is 19.3 Å². The fraction of sp³-hybridized carbons (Fsp3) is 0.368. The Morgan fingerprint density at radius 3 is 2.56 bits per heavy atom. The Kier molecular flexibility index (Phi) is 4.36. The molecular weight excluding hydrogens is 338 g/mol. The van der Waals surface area contributed by atoms with Gasteiger partial charge in [0.05, 0.1) is 10.9 Å². The van der Waals surface area contributed by atoms with Crippen molar-refractivity contribution in [3.8, 4) is 11.6 Å². The van der Waals surface area contributed by atoms with Crippen LogP contribution in [0.4, 0.5) is 5.69 Å². The van der Waals surface area contributed by atoms with Crippen molar-refractivity contribution < 1.29 is 9.53 Å². The number of nitrogens with one attached hydrogen (secondary N) is 1. The largest absolute Gasteiger partial charge is 0.439 e. The summed E-state index contributed by atoms with van der Waals surface area (Å²) in [5.74, 6) is 2.04. The summed E-state index contributed by atoms with van der Waals surface area (Å²) in [6.45, 7) is 0. The van der Waals surface area contributed by atoms with E-state index in [9.17, 15) is 4.79 Å². The number of rotatable bonds is 4. The maximum atomic E-state index is 12.6. The molecule has 0 radical (unpaired) electrons. The zero-order chi connectivity index (χ0) is 17.4. The maximum Gasteiger partial charge on any atom is 0.229 e. The number of benzene rings is 1.